The van der Waals surface area contributed by atoms with E-state index >= 15 is 0 Å². The molecule has 1 aliphatic heterocycles. The second kappa shape index (κ2) is 6.43. The van der Waals surface area contributed by atoms with E-state index in [4.69, 9.17) is 11.6 Å². The van der Waals surface area contributed by atoms with Crippen molar-refractivity contribution in [3.05, 3.63) is 70.7 Å². The molecule has 2 heteroatoms. The lowest BCUT2D eigenvalue weighted by molar-refractivity contribution is 0.187. The number of hydrogen-bond donors (Lipinski definition) is 0. The highest BCUT2D eigenvalue weighted by Crippen LogP contribution is 2.34. The Morgan fingerprint density at radius 1 is 0.800 bits per heavy atom. The van der Waals surface area contributed by atoms with Crippen molar-refractivity contribution >= 4 is 11.6 Å². The fraction of sp³-hybridized carbons (Fsp3) is 0.333. The lowest BCUT2D eigenvalue weighted by atomic mass is 9.95. The van der Waals surface area contributed by atoms with E-state index in [9.17, 15) is 0 Å². The fourth-order valence-electron chi connectivity index (χ4n) is 3.10. The first kappa shape index (κ1) is 13.7. The first-order valence-corrected chi connectivity index (χ1v) is 7.77. The average Bonchev–Trinajstić information content (AvgIpc) is 2.52. The molecular formula is C18H20ClN. The van der Waals surface area contributed by atoms with Gasteiger partial charge in [0, 0.05) is 5.02 Å². The molecule has 0 radical (unpaired) electrons. The maximum Gasteiger partial charge on any atom is 0.0616 e. The largest absolute Gasteiger partial charge is 0.292 e. The maximum absolute atomic E-state index is 6.46. The zero-order valence-corrected chi connectivity index (χ0v) is 12.4. The van der Waals surface area contributed by atoms with Gasteiger partial charge in [-0.3, -0.25) is 4.90 Å². The Bertz CT molecular complexity index is 546. The summed E-state index contributed by atoms with van der Waals surface area (Å²) in [5.74, 6) is 0. The van der Waals surface area contributed by atoms with E-state index in [1.165, 1.54) is 30.4 Å². The third-order valence-electron chi connectivity index (χ3n) is 4.07. The SMILES string of the molecule is Clc1ccccc1C(c1ccccc1)N1CCCCC1. The Labute approximate surface area is 126 Å². The molecule has 1 fully saturated rings. The van der Waals surface area contributed by atoms with E-state index in [-0.39, 0.29) is 6.04 Å². The fourth-order valence-corrected chi connectivity index (χ4v) is 3.33. The van der Waals surface area contributed by atoms with Crippen molar-refractivity contribution in [1.82, 2.24) is 4.90 Å². The molecule has 1 heterocycles. The molecule has 0 aliphatic carbocycles. The van der Waals surface area contributed by atoms with Crippen molar-refractivity contribution in [2.24, 2.45) is 0 Å². The molecule has 1 nitrogen and oxygen atoms in total. The van der Waals surface area contributed by atoms with Crippen LogP contribution < -0.4 is 0 Å². The Morgan fingerprint density at radius 3 is 2.15 bits per heavy atom. The quantitative estimate of drug-likeness (QED) is 0.774. The molecular weight excluding hydrogens is 266 g/mol. The van der Waals surface area contributed by atoms with Crippen LogP contribution in [0, 0.1) is 0 Å². The minimum Gasteiger partial charge on any atom is -0.292 e. The van der Waals surface area contributed by atoms with Crippen molar-refractivity contribution < 1.29 is 0 Å². The lowest BCUT2D eigenvalue weighted by Crippen LogP contribution is -2.34. The number of rotatable bonds is 3. The standard InChI is InChI=1S/C18H20ClN/c19-17-12-6-5-11-16(17)18(15-9-3-1-4-10-15)20-13-7-2-8-14-20/h1,3-6,9-12,18H,2,7-8,13-14H2. The van der Waals surface area contributed by atoms with Gasteiger partial charge in [0.1, 0.15) is 0 Å². The van der Waals surface area contributed by atoms with Crippen LogP contribution in [0.15, 0.2) is 54.6 Å². The monoisotopic (exact) mass is 285 g/mol. The minimum atomic E-state index is 0.283. The Hall–Kier alpha value is -1.31. The van der Waals surface area contributed by atoms with Gasteiger partial charge in [0.05, 0.1) is 6.04 Å². The van der Waals surface area contributed by atoms with Gasteiger partial charge in [-0.05, 0) is 43.1 Å². The number of benzene rings is 2. The van der Waals surface area contributed by atoms with Crippen LogP contribution in [0.4, 0.5) is 0 Å². The second-order valence-corrected chi connectivity index (χ2v) is 5.84. The van der Waals surface area contributed by atoms with E-state index < -0.39 is 0 Å². The van der Waals surface area contributed by atoms with Crippen LogP contribution in [-0.2, 0) is 0 Å². The van der Waals surface area contributed by atoms with Crippen molar-refractivity contribution in [3.63, 3.8) is 0 Å². The number of piperidine rings is 1. The van der Waals surface area contributed by atoms with Gasteiger partial charge >= 0.3 is 0 Å². The predicted octanol–water partition coefficient (Wildman–Crippen LogP) is 4.92. The zero-order valence-electron chi connectivity index (χ0n) is 11.6. The molecule has 20 heavy (non-hydrogen) atoms. The molecule has 0 saturated carbocycles. The van der Waals surface area contributed by atoms with Crippen molar-refractivity contribution in [2.45, 2.75) is 25.3 Å². The van der Waals surface area contributed by atoms with Crippen molar-refractivity contribution in [2.75, 3.05) is 13.1 Å². The van der Waals surface area contributed by atoms with Gasteiger partial charge in [0.15, 0.2) is 0 Å². The summed E-state index contributed by atoms with van der Waals surface area (Å²) in [5, 5.41) is 0.868. The number of halogens is 1. The molecule has 0 spiro atoms. The van der Waals surface area contributed by atoms with Crippen LogP contribution in [0.25, 0.3) is 0 Å². The third kappa shape index (κ3) is 2.89. The summed E-state index contributed by atoms with van der Waals surface area (Å²) >= 11 is 6.46. The molecule has 0 amide bonds. The molecule has 0 aromatic heterocycles. The Balaban J connectivity index is 2.01. The van der Waals surface area contributed by atoms with Crippen molar-refractivity contribution in [3.8, 4) is 0 Å². The second-order valence-electron chi connectivity index (χ2n) is 5.43. The van der Waals surface area contributed by atoms with Gasteiger partial charge in [-0.25, -0.2) is 0 Å². The van der Waals surface area contributed by atoms with E-state index in [1.807, 2.05) is 12.1 Å². The highest BCUT2D eigenvalue weighted by molar-refractivity contribution is 6.31. The van der Waals surface area contributed by atoms with E-state index in [1.54, 1.807) is 0 Å². The molecule has 1 unspecified atom stereocenters. The summed E-state index contributed by atoms with van der Waals surface area (Å²) in [4.78, 5) is 2.57. The van der Waals surface area contributed by atoms with Crippen LogP contribution in [0.5, 0.6) is 0 Å². The zero-order chi connectivity index (χ0) is 13.8. The number of nitrogens with zero attached hydrogens (tertiary/aromatic N) is 1. The summed E-state index contributed by atoms with van der Waals surface area (Å²) in [6.45, 7) is 2.32. The molecule has 1 atom stereocenters. The number of likely N-dealkylation sites (tertiary alicyclic amines) is 1. The van der Waals surface area contributed by atoms with Crippen LogP contribution in [0.2, 0.25) is 5.02 Å². The van der Waals surface area contributed by atoms with Gasteiger partial charge in [-0.2, -0.15) is 0 Å². The van der Waals surface area contributed by atoms with Crippen LogP contribution in [0.1, 0.15) is 36.4 Å². The first-order valence-electron chi connectivity index (χ1n) is 7.40. The molecule has 2 aromatic carbocycles. The summed E-state index contributed by atoms with van der Waals surface area (Å²) in [6, 6.07) is 19.3. The third-order valence-corrected chi connectivity index (χ3v) is 4.42. The average molecular weight is 286 g/mol. The summed E-state index contributed by atoms with van der Waals surface area (Å²) in [6.07, 6.45) is 3.92. The molecule has 0 bridgehead atoms. The summed E-state index contributed by atoms with van der Waals surface area (Å²) < 4.78 is 0. The minimum absolute atomic E-state index is 0.283. The van der Waals surface area contributed by atoms with E-state index in [2.05, 4.69) is 47.4 Å². The van der Waals surface area contributed by atoms with Gasteiger partial charge in [-0.15, -0.1) is 0 Å². The topological polar surface area (TPSA) is 3.24 Å². The summed E-state index contributed by atoms with van der Waals surface area (Å²) in [7, 11) is 0. The molecule has 2 aromatic rings. The predicted molar refractivity (Wildman–Crippen MR) is 85.2 cm³/mol. The maximum atomic E-state index is 6.46. The van der Waals surface area contributed by atoms with Gasteiger partial charge in [-0.1, -0.05) is 66.6 Å². The lowest BCUT2D eigenvalue weighted by Gasteiger charge is -2.35. The normalized spacial score (nSPS) is 17.9. The number of hydrogen-bond acceptors (Lipinski definition) is 1. The highest BCUT2D eigenvalue weighted by atomic mass is 35.5. The Kier molecular flexibility index (Phi) is 4.39. The molecule has 3 rings (SSSR count). The van der Waals surface area contributed by atoms with Gasteiger partial charge in [0.25, 0.3) is 0 Å². The van der Waals surface area contributed by atoms with Crippen LogP contribution >= 0.6 is 11.6 Å². The smallest absolute Gasteiger partial charge is 0.0616 e. The Morgan fingerprint density at radius 2 is 1.45 bits per heavy atom. The molecule has 1 saturated heterocycles. The van der Waals surface area contributed by atoms with Crippen molar-refractivity contribution in [1.29, 1.82) is 0 Å². The molecule has 0 N–H and O–H groups in total. The first-order chi connectivity index (χ1) is 9.86. The van der Waals surface area contributed by atoms with E-state index in [0.29, 0.717) is 0 Å². The van der Waals surface area contributed by atoms with Gasteiger partial charge < -0.3 is 0 Å². The van der Waals surface area contributed by atoms with Crippen LogP contribution in [0.3, 0.4) is 0 Å². The summed E-state index contributed by atoms with van der Waals surface area (Å²) in [5.41, 5.74) is 2.56. The molecule has 104 valence electrons. The van der Waals surface area contributed by atoms with Gasteiger partial charge in [0.2, 0.25) is 0 Å². The van der Waals surface area contributed by atoms with E-state index in [0.717, 1.165) is 18.1 Å². The molecule has 1 aliphatic rings. The van der Waals surface area contributed by atoms with Crippen LogP contribution in [-0.4, -0.2) is 18.0 Å². The highest BCUT2D eigenvalue weighted by Gasteiger charge is 2.25.